The third-order valence-electron chi connectivity index (χ3n) is 4.16. The van der Waals surface area contributed by atoms with Gasteiger partial charge in [0.15, 0.2) is 0 Å². The van der Waals surface area contributed by atoms with Crippen LogP contribution in [0.3, 0.4) is 0 Å². The molecule has 1 saturated carbocycles. The molecular formula is C16H23F2NO. The summed E-state index contributed by atoms with van der Waals surface area (Å²) < 4.78 is 28.5. The smallest absolute Gasteiger partial charge is 0.387 e. The van der Waals surface area contributed by atoms with Crippen LogP contribution in [0.25, 0.3) is 0 Å². The average molecular weight is 283 g/mol. The second-order valence-corrected chi connectivity index (χ2v) is 5.90. The minimum Gasteiger partial charge on any atom is -0.435 e. The predicted octanol–water partition coefficient (Wildman–Crippen LogP) is 4.91. The van der Waals surface area contributed by atoms with Gasteiger partial charge in [0.2, 0.25) is 0 Å². The summed E-state index contributed by atoms with van der Waals surface area (Å²) in [6.45, 7) is 1.82. The third kappa shape index (κ3) is 4.36. The molecule has 0 unspecified atom stereocenters. The van der Waals surface area contributed by atoms with Gasteiger partial charge in [-0.2, -0.15) is 8.78 Å². The summed E-state index contributed by atoms with van der Waals surface area (Å²) in [5, 5.41) is 3.48. The summed E-state index contributed by atoms with van der Waals surface area (Å²) in [6.07, 6.45) is 4.89. The molecule has 4 heteroatoms. The third-order valence-corrected chi connectivity index (χ3v) is 4.16. The molecule has 112 valence electrons. The van der Waals surface area contributed by atoms with E-state index >= 15 is 0 Å². The van der Waals surface area contributed by atoms with Crippen LogP contribution in [0.2, 0.25) is 0 Å². The highest BCUT2D eigenvalue weighted by atomic mass is 19.3. The molecule has 0 atom stereocenters. The van der Waals surface area contributed by atoms with Crippen molar-refractivity contribution in [1.82, 2.24) is 0 Å². The highest BCUT2D eigenvalue weighted by molar-refractivity contribution is 5.47. The van der Waals surface area contributed by atoms with E-state index in [-0.39, 0.29) is 5.75 Å². The monoisotopic (exact) mass is 283 g/mol. The first-order valence-electron chi connectivity index (χ1n) is 7.36. The maximum atomic E-state index is 12.1. The number of halogens is 2. The second-order valence-electron chi connectivity index (χ2n) is 5.90. The van der Waals surface area contributed by atoms with Crippen molar-refractivity contribution >= 4 is 5.69 Å². The number of hydrogen-bond donors (Lipinski definition) is 1. The van der Waals surface area contributed by atoms with E-state index in [1.807, 2.05) is 0 Å². The van der Waals surface area contributed by atoms with Gasteiger partial charge in [-0.25, -0.2) is 0 Å². The lowest BCUT2D eigenvalue weighted by Gasteiger charge is -2.31. The van der Waals surface area contributed by atoms with Crippen LogP contribution in [0, 0.1) is 11.8 Å². The molecule has 1 aliphatic carbocycles. The molecular weight excluding hydrogens is 260 g/mol. The zero-order valence-electron chi connectivity index (χ0n) is 12.1. The largest absolute Gasteiger partial charge is 0.435 e. The van der Waals surface area contributed by atoms with Crippen molar-refractivity contribution in [3.8, 4) is 5.75 Å². The van der Waals surface area contributed by atoms with Gasteiger partial charge in [-0.15, -0.1) is 0 Å². The first kappa shape index (κ1) is 15.1. The van der Waals surface area contributed by atoms with Crippen LogP contribution in [-0.4, -0.2) is 12.7 Å². The molecule has 2 rings (SSSR count). The van der Waals surface area contributed by atoms with E-state index in [2.05, 4.69) is 23.9 Å². The molecule has 0 aliphatic heterocycles. The van der Waals surface area contributed by atoms with Crippen molar-refractivity contribution in [3.05, 3.63) is 24.3 Å². The molecule has 2 nitrogen and oxygen atoms in total. The Balaban J connectivity index is 1.82. The van der Waals surface area contributed by atoms with Crippen LogP contribution >= 0.6 is 0 Å². The first-order valence-corrected chi connectivity index (χ1v) is 7.36. The highest BCUT2D eigenvalue weighted by Gasteiger charge is 2.22. The Morgan fingerprint density at radius 1 is 1.05 bits per heavy atom. The molecule has 0 spiro atoms. The van der Waals surface area contributed by atoms with Gasteiger partial charge in [0.25, 0.3) is 0 Å². The summed E-state index contributed by atoms with van der Waals surface area (Å²) in [5.41, 5.74) is 0.972. The van der Waals surface area contributed by atoms with Crippen LogP contribution in [0.1, 0.15) is 39.5 Å². The highest BCUT2D eigenvalue weighted by Crippen LogP contribution is 2.31. The van der Waals surface area contributed by atoms with E-state index in [1.54, 1.807) is 24.3 Å². The fraction of sp³-hybridized carbons (Fsp3) is 0.625. The Kier molecular flexibility index (Phi) is 5.21. The van der Waals surface area contributed by atoms with E-state index < -0.39 is 6.61 Å². The van der Waals surface area contributed by atoms with E-state index in [1.165, 1.54) is 25.7 Å². The zero-order chi connectivity index (χ0) is 14.5. The second kappa shape index (κ2) is 6.91. The van der Waals surface area contributed by atoms with Crippen molar-refractivity contribution in [2.24, 2.45) is 11.8 Å². The Hall–Kier alpha value is -1.32. The minimum atomic E-state index is -2.76. The molecule has 1 aromatic rings. The lowest BCUT2D eigenvalue weighted by Crippen LogP contribution is -2.27. The quantitative estimate of drug-likeness (QED) is 0.828. The zero-order valence-corrected chi connectivity index (χ0v) is 12.1. The first-order chi connectivity index (χ1) is 9.54. The van der Waals surface area contributed by atoms with Crippen molar-refractivity contribution < 1.29 is 13.5 Å². The molecule has 0 radical (unpaired) electrons. The van der Waals surface area contributed by atoms with Gasteiger partial charge in [0, 0.05) is 11.7 Å². The molecule has 20 heavy (non-hydrogen) atoms. The fourth-order valence-corrected chi connectivity index (χ4v) is 2.90. The summed E-state index contributed by atoms with van der Waals surface area (Å²) in [5.74, 6) is 1.81. The molecule has 1 aliphatic rings. The molecule has 1 fully saturated rings. The summed E-state index contributed by atoms with van der Waals surface area (Å²) in [6, 6.07) is 7.24. The van der Waals surface area contributed by atoms with E-state index in [0.29, 0.717) is 6.04 Å². The van der Waals surface area contributed by atoms with Crippen LogP contribution in [-0.2, 0) is 0 Å². The predicted molar refractivity (Wildman–Crippen MR) is 77.3 cm³/mol. The van der Waals surface area contributed by atoms with Crippen LogP contribution in [0.4, 0.5) is 14.5 Å². The summed E-state index contributed by atoms with van der Waals surface area (Å²) >= 11 is 0. The van der Waals surface area contributed by atoms with E-state index in [0.717, 1.165) is 17.5 Å². The van der Waals surface area contributed by atoms with Gasteiger partial charge < -0.3 is 10.1 Å². The molecule has 0 amide bonds. The van der Waals surface area contributed by atoms with E-state index in [4.69, 9.17) is 0 Å². The minimum absolute atomic E-state index is 0.203. The van der Waals surface area contributed by atoms with Gasteiger partial charge in [0.1, 0.15) is 5.75 Å². The van der Waals surface area contributed by atoms with Gasteiger partial charge in [0.05, 0.1) is 0 Å². The summed E-state index contributed by atoms with van der Waals surface area (Å²) in [4.78, 5) is 0. The lowest BCUT2D eigenvalue weighted by atomic mass is 9.79. The maximum Gasteiger partial charge on any atom is 0.387 e. The van der Waals surface area contributed by atoms with Crippen LogP contribution < -0.4 is 10.1 Å². The molecule has 1 N–H and O–H groups in total. The normalized spacial score (nSPS) is 23.1. The topological polar surface area (TPSA) is 21.3 Å². The Morgan fingerprint density at radius 2 is 1.65 bits per heavy atom. The molecule has 1 aromatic carbocycles. The van der Waals surface area contributed by atoms with Crippen molar-refractivity contribution in [2.45, 2.75) is 52.2 Å². The molecule has 0 bridgehead atoms. The number of nitrogens with one attached hydrogen (secondary N) is 1. The number of ether oxygens (including phenoxy) is 1. The molecule has 0 heterocycles. The van der Waals surface area contributed by atoms with Crippen LogP contribution in [0.15, 0.2) is 24.3 Å². The number of hydrogen-bond acceptors (Lipinski definition) is 2. The SMILES string of the molecule is CC(C)C1CCC(Nc2ccc(OC(F)F)cc2)CC1. The molecule has 0 saturated heterocycles. The summed E-state index contributed by atoms with van der Waals surface area (Å²) in [7, 11) is 0. The number of anilines is 1. The molecule has 0 aromatic heterocycles. The Morgan fingerprint density at radius 3 is 2.15 bits per heavy atom. The van der Waals surface area contributed by atoms with E-state index in [9.17, 15) is 8.78 Å². The van der Waals surface area contributed by atoms with Crippen molar-refractivity contribution in [1.29, 1.82) is 0 Å². The van der Waals surface area contributed by atoms with Crippen molar-refractivity contribution in [3.63, 3.8) is 0 Å². The maximum absolute atomic E-state index is 12.1. The Bertz CT molecular complexity index is 397. The van der Waals surface area contributed by atoms with Crippen LogP contribution in [0.5, 0.6) is 5.75 Å². The number of benzene rings is 1. The van der Waals surface area contributed by atoms with Gasteiger partial charge in [-0.05, 0) is 61.8 Å². The van der Waals surface area contributed by atoms with Gasteiger partial charge in [-0.1, -0.05) is 13.8 Å². The lowest BCUT2D eigenvalue weighted by molar-refractivity contribution is -0.0498. The van der Waals surface area contributed by atoms with Crippen molar-refractivity contribution in [2.75, 3.05) is 5.32 Å². The van der Waals surface area contributed by atoms with Gasteiger partial charge >= 0.3 is 6.61 Å². The average Bonchev–Trinajstić information content (AvgIpc) is 2.41. The number of alkyl halides is 2. The number of rotatable bonds is 5. The van der Waals surface area contributed by atoms with Gasteiger partial charge in [-0.3, -0.25) is 0 Å². The standard InChI is InChI=1S/C16H23F2NO/c1-11(2)12-3-5-13(6-4-12)19-14-7-9-15(10-8-14)20-16(17)18/h7-13,16,19H,3-6H2,1-2H3. The Labute approximate surface area is 119 Å². The fourth-order valence-electron chi connectivity index (χ4n) is 2.90.